The zero-order chi connectivity index (χ0) is 11.5. The van der Waals surface area contributed by atoms with Gasteiger partial charge in [0.15, 0.2) is 0 Å². The molecule has 1 fully saturated rings. The Labute approximate surface area is 109 Å². The summed E-state index contributed by atoms with van der Waals surface area (Å²) in [5.74, 6) is 1.05. The maximum absolute atomic E-state index is 6.06. The molecule has 1 saturated heterocycles. The molecule has 1 aliphatic rings. The minimum Gasteiger partial charge on any atom is -0.472 e. The van der Waals surface area contributed by atoms with Crippen LogP contribution in [0.15, 0.2) is 16.7 Å². The van der Waals surface area contributed by atoms with Gasteiger partial charge in [-0.2, -0.15) is 0 Å². The van der Waals surface area contributed by atoms with Gasteiger partial charge in [0.1, 0.15) is 11.1 Å². The topological polar surface area (TPSA) is 34.1 Å². The second-order valence-corrected chi connectivity index (χ2v) is 5.39. The second-order valence-electron chi connectivity index (χ2n) is 4.07. The number of rotatable bonds is 2. The molecule has 88 valence electrons. The lowest BCUT2D eigenvalue weighted by Gasteiger charge is -2.29. The van der Waals surface area contributed by atoms with E-state index < -0.39 is 0 Å². The highest BCUT2D eigenvalue weighted by Gasteiger charge is 2.23. The summed E-state index contributed by atoms with van der Waals surface area (Å²) in [6.07, 6.45) is 2.97. The van der Waals surface area contributed by atoms with Crippen LogP contribution in [-0.4, -0.2) is 24.2 Å². The standard InChI is InChI=1S/C11H14BrClN2O/c1-7-2-3-14-6-10(7)16-11-9(13)4-8(12)5-15-11/h4-5,7,10,14H,2-3,6H2,1H3. The van der Waals surface area contributed by atoms with Gasteiger partial charge in [0.25, 0.3) is 0 Å². The molecule has 1 aliphatic heterocycles. The van der Waals surface area contributed by atoms with Gasteiger partial charge in [0.05, 0.1) is 0 Å². The lowest BCUT2D eigenvalue weighted by atomic mass is 9.97. The maximum Gasteiger partial charge on any atom is 0.232 e. The van der Waals surface area contributed by atoms with Crippen molar-refractivity contribution >= 4 is 27.5 Å². The van der Waals surface area contributed by atoms with E-state index in [4.69, 9.17) is 16.3 Å². The summed E-state index contributed by atoms with van der Waals surface area (Å²) in [6, 6.07) is 1.80. The van der Waals surface area contributed by atoms with E-state index in [1.54, 1.807) is 12.3 Å². The third-order valence-corrected chi connectivity index (χ3v) is 3.50. The molecule has 2 atom stereocenters. The van der Waals surface area contributed by atoms with Crippen LogP contribution in [0.1, 0.15) is 13.3 Å². The van der Waals surface area contributed by atoms with Crippen LogP contribution in [0.5, 0.6) is 5.88 Å². The molecule has 0 aromatic carbocycles. The number of nitrogens with zero attached hydrogens (tertiary/aromatic N) is 1. The van der Waals surface area contributed by atoms with Crippen LogP contribution in [0.4, 0.5) is 0 Å². The van der Waals surface area contributed by atoms with Crippen molar-refractivity contribution in [1.29, 1.82) is 0 Å². The average Bonchev–Trinajstić information content (AvgIpc) is 2.25. The number of pyridine rings is 1. The predicted molar refractivity (Wildman–Crippen MR) is 68.0 cm³/mol. The van der Waals surface area contributed by atoms with E-state index in [9.17, 15) is 0 Å². The zero-order valence-electron chi connectivity index (χ0n) is 9.04. The van der Waals surface area contributed by atoms with Gasteiger partial charge in [-0.15, -0.1) is 0 Å². The minimum atomic E-state index is 0.153. The summed E-state index contributed by atoms with van der Waals surface area (Å²) in [6.45, 7) is 4.11. The summed E-state index contributed by atoms with van der Waals surface area (Å²) in [4.78, 5) is 4.18. The van der Waals surface area contributed by atoms with Gasteiger partial charge in [-0.1, -0.05) is 18.5 Å². The molecule has 0 saturated carbocycles. The van der Waals surface area contributed by atoms with Crippen molar-refractivity contribution in [3.8, 4) is 5.88 Å². The number of aromatic nitrogens is 1. The van der Waals surface area contributed by atoms with E-state index in [-0.39, 0.29) is 6.10 Å². The van der Waals surface area contributed by atoms with E-state index in [0.717, 1.165) is 24.0 Å². The largest absolute Gasteiger partial charge is 0.472 e. The van der Waals surface area contributed by atoms with E-state index in [1.807, 2.05) is 0 Å². The third-order valence-electron chi connectivity index (χ3n) is 2.79. The molecule has 0 bridgehead atoms. The SMILES string of the molecule is CC1CCNCC1Oc1ncc(Br)cc1Cl. The number of ether oxygens (including phenoxy) is 1. The Morgan fingerprint density at radius 3 is 3.12 bits per heavy atom. The number of hydrogen-bond donors (Lipinski definition) is 1. The molecular formula is C11H14BrClN2O. The average molecular weight is 306 g/mol. The maximum atomic E-state index is 6.06. The van der Waals surface area contributed by atoms with Crippen LogP contribution < -0.4 is 10.1 Å². The Kier molecular flexibility index (Phi) is 4.05. The molecule has 0 spiro atoms. The van der Waals surface area contributed by atoms with Crippen molar-refractivity contribution in [2.24, 2.45) is 5.92 Å². The number of hydrogen-bond acceptors (Lipinski definition) is 3. The number of nitrogens with one attached hydrogen (secondary N) is 1. The molecule has 1 aromatic heterocycles. The number of piperidine rings is 1. The lowest BCUT2D eigenvalue weighted by molar-refractivity contribution is 0.110. The van der Waals surface area contributed by atoms with Gasteiger partial charge in [-0.05, 0) is 40.9 Å². The molecule has 0 radical (unpaired) electrons. The van der Waals surface area contributed by atoms with Crippen molar-refractivity contribution in [1.82, 2.24) is 10.3 Å². The molecule has 2 heterocycles. The van der Waals surface area contributed by atoms with Crippen molar-refractivity contribution in [3.05, 3.63) is 21.8 Å². The molecule has 0 aliphatic carbocycles. The molecule has 16 heavy (non-hydrogen) atoms. The van der Waals surface area contributed by atoms with Crippen LogP contribution in [0.3, 0.4) is 0 Å². The summed E-state index contributed by atoms with van der Waals surface area (Å²) in [7, 11) is 0. The smallest absolute Gasteiger partial charge is 0.232 e. The van der Waals surface area contributed by atoms with Crippen LogP contribution in [0.2, 0.25) is 5.02 Å². The van der Waals surface area contributed by atoms with Crippen molar-refractivity contribution < 1.29 is 4.74 Å². The van der Waals surface area contributed by atoms with Crippen molar-refractivity contribution in [3.63, 3.8) is 0 Å². The minimum absolute atomic E-state index is 0.153. The summed E-state index contributed by atoms with van der Waals surface area (Å²) < 4.78 is 6.69. The third kappa shape index (κ3) is 2.87. The van der Waals surface area contributed by atoms with Gasteiger partial charge < -0.3 is 10.1 Å². The summed E-state index contributed by atoms with van der Waals surface area (Å²) in [5.41, 5.74) is 0. The van der Waals surface area contributed by atoms with Crippen LogP contribution in [0, 0.1) is 5.92 Å². The molecule has 5 heteroatoms. The Bertz CT molecular complexity index is 375. The Hall–Kier alpha value is -0.320. The zero-order valence-corrected chi connectivity index (χ0v) is 11.4. The van der Waals surface area contributed by atoms with Gasteiger partial charge in [0, 0.05) is 17.2 Å². The van der Waals surface area contributed by atoms with Crippen LogP contribution >= 0.6 is 27.5 Å². The number of halogens is 2. The highest BCUT2D eigenvalue weighted by Crippen LogP contribution is 2.27. The monoisotopic (exact) mass is 304 g/mol. The first-order valence-corrected chi connectivity index (χ1v) is 6.52. The highest BCUT2D eigenvalue weighted by molar-refractivity contribution is 9.10. The lowest BCUT2D eigenvalue weighted by Crippen LogP contribution is -2.43. The van der Waals surface area contributed by atoms with E-state index >= 15 is 0 Å². The second kappa shape index (κ2) is 5.34. The first kappa shape index (κ1) is 12.1. The quantitative estimate of drug-likeness (QED) is 0.912. The van der Waals surface area contributed by atoms with Gasteiger partial charge in [0.2, 0.25) is 5.88 Å². The fraction of sp³-hybridized carbons (Fsp3) is 0.545. The first-order chi connectivity index (χ1) is 7.66. The first-order valence-electron chi connectivity index (χ1n) is 5.35. The molecule has 2 unspecified atom stereocenters. The summed E-state index contributed by atoms with van der Waals surface area (Å²) >= 11 is 9.38. The molecule has 3 nitrogen and oxygen atoms in total. The van der Waals surface area contributed by atoms with E-state index in [0.29, 0.717) is 16.8 Å². The molecule has 1 N–H and O–H groups in total. The molecular weight excluding hydrogens is 291 g/mol. The van der Waals surface area contributed by atoms with Gasteiger partial charge in [-0.25, -0.2) is 4.98 Å². The molecule has 0 amide bonds. The molecule has 1 aromatic rings. The Morgan fingerprint density at radius 2 is 2.44 bits per heavy atom. The normalized spacial score (nSPS) is 25.4. The Morgan fingerprint density at radius 1 is 1.62 bits per heavy atom. The van der Waals surface area contributed by atoms with Crippen molar-refractivity contribution in [2.45, 2.75) is 19.4 Å². The van der Waals surface area contributed by atoms with Gasteiger partial charge in [-0.3, -0.25) is 0 Å². The van der Waals surface area contributed by atoms with Crippen LogP contribution in [0.25, 0.3) is 0 Å². The van der Waals surface area contributed by atoms with Crippen LogP contribution in [-0.2, 0) is 0 Å². The van der Waals surface area contributed by atoms with Crippen molar-refractivity contribution in [2.75, 3.05) is 13.1 Å². The molecule has 2 rings (SSSR count). The predicted octanol–water partition coefficient (Wildman–Crippen LogP) is 2.87. The fourth-order valence-corrected chi connectivity index (χ4v) is 2.43. The highest BCUT2D eigenvalue weighted by atomic mass is 79.9. The van der Waals surface area contributed by atoms with E-state index in [1.165, 1.54) is 0 Å². The van der Waals surface area contributed by atoms with E-state index in [2.05, 4.69) is 33.2 Å². The Balaban J connectivity index is 2.07. The summed E-state index contributed by atoms with van der Waals surface area (Å²) in [5, 5.41) is 3.86. The fourth-order valence-electron chi connectivity index (χ4n) is 1.75. The van der Waals surface area contributed by atoms with Gasteiger partial charge >= 0.3 is 0 Å².